The van der Waals surface area contributed by atoms with Crippen LogP contribution in [0.5, 0.6) is 0 Å². The van der Waals surface area contributed by atoms with Crippen LogP contribution in [0.4, 0.5) is 13.2 Å². The van der Waals surface area contributed by atoms with Crippen LogP contribution in [0.1, 0.15) is 17.0 Å². The lowest BCUT2D eigenvalue weighted by atomic mass is 10.0. The van der Waals surface area contributed by atoms with E-state index < -0.39 is 11.9 Å². The molecule has 0 saturated heterocycles. The van der Waals surface area contributed by atoms with Crippen LogP contribution in [0.25, 0.3) is 11.4 Å². The van der Waals surface area contributed by atoms with Crippen LogP contribution in [0, 0.1) is 0 Å². The Morgan fingerprint density at radius 3 is 2.48 bits per heavy atom. The number of alkyl halides is 3. The Labute approximate surface area is 127 Å². The Morgan fingerprint density at radius 1 is 1.10 bits per heavy atom. The van der Waals surface area contributed by atoms with Crippen molar-refractivity contribution in [1.82, 2.24) is 15.3 Å². The molecule has 0 spiro atoms. The van der Waals surface area contributed by atoms with E-state index in [1.807, 2.05) is 0 Å². The summed E-state index contributed by atoms with van der Waals surface area (Å²) in [6.45, 7) is 0.784. The molecule has 0 amide bonds. The molecule has 1 aliphatic heterocycles. The largest absolute Gasteiger partial charge is 0.433 e. The molecule has 0 fully saturated rings. The molecule has 0 unspecified atom stereocenters. The van der Waals surface area contributed by atoms with Gasteiger partial charge in [0.1, 0.15) is 0 Å². The van der Waals surface area contributed by atoms with E-state index in [1.165, 1.54) is 0 Å². The summed E-state index contributed by atoms with van der Waals surface area (Å²) in [6.07, 6.45) is -4.00. The van der Waals surface area contributed by atoms with Crippen molar-refractivity contribution < 1.29 is 13.2 Å². The number of hydrogen-bond donors (Lipinski definition) is 1. The van der Waals surface area contributed by atoms with E-state index in [4.69, 9.17) is 0 Å². The summed E-state index contributed by atoms with van der Waals surface area (Å²) in [5.74, 6) is 0.121. The van der Waals surface area contributed by atoms with Crippen molar-refractivity contribution in [2.24, 2.45) is 0 Å². The smallest absolute Gasteiger partial charge is 0.312 e. The van der Waals surface area contributed by atoms with Gasteiger partial charge in [0, 0.05) is 35.1 Å². The lowest BCUT2D eigenvalue weighted by Crippen LogP contribution is -2.29. The number of benzene rings is 1. The average Bonchev–Trinajstić information content (AvgIpc) is 2.46. The molecule has 3 rings (SSSR count). The van der Waals surface area contributed by atoms with Crippen LogP contribution in [-0.2, 0) is 19.1 Å². The molecule has 7 heteroatoms. The summed E-state index contributed by atoms with van der Waals surface area (Å²) in [6, 6.07) is 6.92. The predicted molar refractivity (Wildman–Crippen MR) is 75.6 cm³/mol. The Balaban J connectivity index is 2.16. The number of aromatic nitrogens is 2. The van der Waals surface area contributed by atoms with Gasteiger partial charge < -0.3 is 5.32 Å². The first-order valence-corrected chi connectivity index (χ1v) is 7.18. The van der Waals surface area contributed by atoms with Gasteiger partial charge >= 0.3 is 6.18 Å². The van der Waals surface area contributed by atoms with Gasteiger partial charge in [0.15, 0.2) is 11.5 Å². The molecule has 2 aromatic rings. The highest BCUT2D eigenvalue weighted by Gasteiger charge is 2.38. The molecule has 0 atom stereocenters. The van der Waals surface area contributed by atoms with E-state index in [2.05, 4.69) is 31.2 Å². The fourth-order valence-electron chi connectivity index (χ4n) is 2.31. The van der Waals surface area contributed by atoms with Crippen molar-refractivity contribution >= 4 is 15.9 Å². The molecule has 0 aliphatic carbocycles. The van der Waals surface area contributed by atoms with E-state index in [-0.39, 0.29) is 17.9 Å². The quantitative estimate of drug-likeness (QED) is 0.847. The monoisotopic (exact) mass is 357 g/mol. The van der Waals surface area contributed by atoms with E-state index in [9.17, 15) is 13.2 Å². The van der Waals surface area contributed by atoms with Crippen molar-refractivity contribution in [2.75, 3.05) is 6.54 Å². The molecule has 21 heavy (non-hydrogen) atoms. The molecular formula is C14H11BrF3N3. The molecule has 0 bridgehead atoms. The van der Waals surface area contributed by atoms with E-state index >= 15 is 0 Å². The third-order valence-corrected chi connectivity index (χ3v) is 3.83. The van der Waals surface area contributed by atoms with Crippen LogP contribution < -0.4 is 5.32 Å². The van der Waals surface area contributed by atoms with Gasteiger partial charge in [-0.1, -0.05) is 28.1 Å². The van der Waals surface area contributed by atoms with Crippen LogP contribution in [-0.4, -0.2) is 16.5 Å². The zero-order chi connectivity index (χ0) is 15.0. The topological polar surface area (TPSA) is 37.8 Å². The number of nitrogens with one attached hydrogen (secondary N) is 1. The highest BCUT2D eigenvalue weighted by molar-refractivity contribution is 9.10. The molecule has 0 saturated carbocycles. The molecule has 2 heterocycles. The molecule has 1 aromatic carbocycles. The third-order valence-electron chi connectivity index (χ3n) is 3.30. The Hall–Kier alpha value is -1.47. The second-order valence-electron chi connectivity index (χ2n) is 4.75. The molecule has 3 nitrogen and oxygen atoms in total. The second kappa shape index (κ2) is 5.38. The van der Waals surface area contributed by atoms with Gasteiger partial charge in [0.05, 0.1) is 5.69 Å². The van der Waals surface area contributed by atoms with Gasteiger partial charge in [0.25, 0.3) is 0 Å². The van der Waals surface area contributed by atoms with E-state index in [0.717, 1.165) is 4.47 Å². The number of nitrogens with zero attached hydrogens (tertiary/aromatic N) is 2. The summed E-state index contributed by atoms with van der Waals surface area (Å²) in [5.41, 5.74) is 0.381. The lowest BCUT2D eigenvalue weighted by molar-refractivity contribution is -0.142. The first-order valence-electron chi connectivity index (χ1n) is 6.39. The fourth-order valence-corrected chi connectivity index (χ4v) is 2.57. The highest BCUT2D eigenvalue weighted by Crippen LogP contribution is 2.34. The summed E-state index contributed by atoms with van der Waals surface area (Å²) in [5, 5.41) is 2.93. The van der Waals surface area contributed by atoms with Gasteiger partial charge in [-0.25, -0.2) is 9.97 Å². The highest BCUT2D eigenvalue weighted by atomic mass is 79.9. The zero-order valence-corrected chi connectivity index (χ0v) is 12.4. The minimum atomic E-state index is -4.48. The number of halogens is 4. The molecule has 1 aliphatic rings. The second-order valence-corrected chi connectivity index (χ2v) is 5.67. The third kappa shape index (κ3) is 2.94. The van der Waals surface area contributed by atoms with Crippen LogP contribution >= 0.6 is 15.9 Å². The maximum Gasteiger partial charge on any atom is 0.433 e. The fraction of sp³-hybridized carbons (Fsp3) is 0.286. The van der Waals surface area contributed by atoms with Crippen molar-refractivity contribution in [3.8, 4) is 11.4 Å². The van der Waals surface area contributed by atoms with Crippen molar-refractivity contribution in [1.29, 1.82) is 0 Å². The maximum atomic E-state index is 13.2. The van der Waals surface area contributed by atoms with E-state index in [1.54, 1.807) is 24.3 Å². The van der Waals surface area contributed by atoms with Crippen LogP contribution in [0.2, 0.25) is 0 Å². The van der Waals surface area contributed by atoms with Crippen LogP contribution in [0.15, 0.2) is 28.7 Å². The molecule has 1 N–H and O–H groups in total. The van der Waals surface area contributed by atoms with Crippen molar-refractivity contribution in [3.05, 3.63) is 45.7 Å². The van der Waals surface area contributed by atoms with Gasteiger partial charge in [0.2, 0.25) is 0 Å². The minimum absolute atomic E-state index is 0.121. The Bertz CT molecular complexity index is 668. The van der Waals surface area contributed by atoms with Crippen molar-refractivity contribution in [3.63, 3.8) is 0 Å². The minimum Gasteiger partial charge on any atom is -0.312 e. The van der Waals surface area contributed by atoms with Crippen molar-refractivity contribution in [2.45, 2.75) is 19.1 Å². The summed E-state index contributed by atoms with van der Waals surface area (Å²) < 4.78 is 40.5. The maximum absolute atomic E-state index is 13.2. The molecule has 0 radical (unpaired) electrons. The summed E-state index contributed by atoms with van der Waals surface area (Å²) >= 11 is 3.30. The first-order chi connectivity index (χ1) is 9.95. The van der Waals surface area contributed by atoms with Gasteiger partial charge in [-0.05, 0) is 12.1 Å². The van der Waals surface area contributed by atoms with Gasteiger partial charge in [-0.2, -0.15) is 13.2 Å². The SMILES string of the molecule is FC(F)(F)c1nc(-c2ccc(Br)cc2)nc2c1CNCC2. The number of fused-ring (bicyclic) bond motifs is 1. The zero-order valence-electron chi connectivity index (χ0n) is 10.8. The normalized spacial score (nSPS) is 14.9. The van der Waals surface area contributed by atoms with Gasteiger partial charge in [-0.3, -0.25) is 0 Å². The number of rotatable bonds is 1. The Kier molecular flexibility index (Phi) is 3.71. The standard InChI is InChI=1S/C14H11BrF3N3/c15-9-3-1-8(2-4-9)13-20-11-5-6-19-7-10(11)12(21-13)14(16,17)18/h1-4,19H,5-7H2. The summed E-state index contributed by atoms with van der Waals surface area (Å²) in [4.78, 5) is 8.09. The van der Waals surface area contributed by atoms with E-state index in [0.29, 0.717) is 24.2 Å². The average molecular weight is 358 g/mol. The molecular weight excluding hydrogens is 347 g/mol. The molecule has 110 valence electrons. The Morgan fingerprint density at radius 2 is 1.81 bits per heavy atom. The predicted octanol–water partition coefficient (Wildman–Crippen LogP) is 3.57. The summed E-state index contributed by atoms with van der Waals surface area (Å²) in [7, 11) is 0. The lowest BCUT2D eigenvalue weighted by Gasteiger charge is -2.21. The first kappa shape index (κ1) is 14.5. The molecule has 1 aromatic heterocycles. The van der Waals surface area contributed by atoms with Crippen LogP contribution in [0.3, 0.4) is 0 Å². The van der Waals surface area contributed by atoms with Gasteiger partial charge in [-0.15, -0.1) is 0 Å². The number of hydrogen-bond acceptors (Lipinski definition) is 3.